The molecule has 2 aromatic rings. The standard InChI is InChI=1S/C16H20N2O/c1-16(2,3)14-6-4-5-7-15(14)19-11-13-10-12(17)8-9-18-13/h4-10H,11H2,1-3H3,(H2,17,18). The van der Waals surface area contributed by atoms with Gasteiger partial charge in [-0.25, -0.2) is 0 Å². The number of ether oxygens (including phenoxy) is 1. The molecular formula is C16H20N2O. The van der Waals surface area contributed by atoms with Crippen LogP contribution in [0.2, 0.25) is 0 Å². The molecule has 2 N–H and O–H groups in total. The summed E-state index contributed by atoms with van der Waals surface area (Å²) in [6, 6.07) is 11.7. The fourth-order valence-corrected chi connectivity index (χ4v) is 1.94. The highest BCUT2D eigenvalue weighted by Crippen LogP contribution is 2.31. The summed E-state index contributed by atoms with van der Waals surface area (Å²) in [5, 5.41) is 0. The smallest absolute Gasteiger partial charge is 0.130 e. The van der Waals surface area contributed by atoms with Crippen molar-refractivity contribution in [3.05, 3.63) is 53.9 Å². The van der Waals surface area contributed by atoms with Crippen LogP contribution >= 0.6 is 0 Å². The fourth-order valence-electron chi connectivity index (χ4n) is 1.94. The van der Waals surface area contributed by atoms with Crippen molar-refractivity contribution in [3.8, 4) is 5.75 Å². The van der Waals surface area contributed by atoms with Gasteiger partial charge >= 0.3 is 0 Å². The van der Waals surface area contributed by atoms with E-state index in [9.17, 15) is 0 Å². The highest BCUT2D eigenvalue weighted by molar-refractivity contribution is 5.39. The minimum Gasteiger partial charge on any atom is -0.487 e. The molecule has 1 heterocycles. The number of aromatic nitrogens is 1. The Morgan fingerprint density at radius 2 is 1.89 bits per heavy atom. The van der Waals surface area contributed by atoms with Crippen molar-refractivity contribution in [2.45, 2.75) is 32.8 Å². The van der Waals surface area contributed by atoms with Crippen molar-refractivity contribution in [2.75, 3.05) is 5.73 Å². The van der Waals surface area contributed by atoms with Crippen LogP contribution in [0.1, 0.15) is 32.0 Å². The first-order chi connectivity index (χ1) is 8.97. The lowest BCUT2D eigenvalue weighted by Crippen LogP contribution is -2.13. The number of para-hydroxylation sites is 1. The first kappa shape index (κ1) is 13.4. The molecule has 2 rings (SSSR count). The van der Waals surface area contributed by atoms with E-state index in [-0.39, 0.29) is 5.41 Å². The van der Waals surface area contributed by atoms with E-state index in [1.165, 1.54) is 5.56 Å². The second-order valence-corrected chi connectivity index (χ2v) is 5.62. The van der Waals surface area contributed by atoms with Crippen molar-refractivity contribution in [1.29, 1.82) is 0 Å². The van der Waals surface area contributed by atoms with Gasteiger partial charge in [0, 0.05) is 11.9 Å². The van der Waals surface area contributed by atoms with Gasteiger partial charge in [0.1, 0.15) is 12.4 Å². The van der Waals surface area contributed by atoms with E-state index >= 15 is 0 Å². The van der Waals surface area contributed by atoms with Crippen LogP contribution in [-0.4, -0.2) is 4.98 Å². The van der Waals surface area contributed by atoms with E-state index in [4.69, 9.17) is 10.5 Å². The monoisotopic (exact) mass is 256 g/mol. The quantitative estimate of drug-likeness (QED) is 0.913. The van der Waals surface area contributed by atoms with Crippen LogP contribution in [0.5, 0.6) is 5.75 Å². The number of pyridine rings is 1. The summed E-state index contributed by atoms with van der Waals surface area (Å²) in [4.78, 5) is 4.24. The third-order valence-corrected chi connectivity index (χ3v) is 2.91. The molecule has 0 bridgehead atoms. The predicted octanol–water partition coefficient (Wildman–Crippen LogP) is 3.54. The zero-order valence-electron chi connectivity index (χ0n) is 11.7. The maximum absolute atomic E-state index is 5.89. The Kier molecular flexibility index (Phi) is 3.74. The molecule has 0 aliphatic carbocycles. The van der Waals surface area contributed by atoms with E-state index in [2.05, 4.69) is 31.8 Å². The molecule has 1 aromatic heterocycles. The molecule has 0 saturated carbocycles. The zero-order chi connectivity index (χ0) is 13.9. The summed E-state index contributed by atoms with van der Waals surface area (Å²) in [7, 11) is 0. The van der Waals surface area contributed by atoms with Gasteiger partial charge in [0.05, 0.1) is 5.69 Å². The molecule has 0 saturated heterocycles. The Balaban J connectivity index is 2.16. The van der Waals surface area contributed by atoms with E-state index in [1.54, 1.807) is 12.3 Å². The maximum atomic E-state index is 5.89. The zero-order valence-corrected chi connectivity index (χ0v) is 11.7. The molecule has 0 atom stereocenters. The van der Waals surface area contributed by atoms with Gasteiger partial charge in [-0.05, 0) is 29.2 Å². The molecule has 1 aromatic carbocycles. The molecule has 0 fully saturated rings. The van der Waals surface area contributed by atoms with E-state index in [0.717, 1.165) is 11.4 Å². The van der Waals surface area contributed by atoms with Crippen LogP contribution in [0, 0.1) is 0 Å². The normalized spacial score (nSPS) is 11.3. The predicted molar refractivity (Wildman–Crippen MR) is 78.1 cm³/mol. The number of hydrogen-bond acceptors (Lipinski definition) is 3. The second kappa shape index (κ2) is 5.31. The molecule has 0 amide bonds. The average molecular weight is 256 g/mol. The molecule has 0 spiro atoms. The van der Waals surface area contributed by atoms with Crippen LogP contribution in [0.3, 0.4) is 0 Å². The lowest BCUT2D eigenvalue weighted by molar-refractivity contribution is 0.293. The topological polar surface area (TPSA) is 48.1 Å². The van der Waals surface area contributed by atoms with Gasteiger partial charge in [0.2, 0.25) is 0 Å². The second-order valence-electron chi connectivity index (χ2n) is 5.62. The van der Waals surface area contributed by atoms with E-state index in [0.29, 0.717) is 12.3 Å². The molecule has 19 heavy (non-hydrogen) atoms. The third kappa shape index (κ3) is 3.47. The first-order valence-electron chi connectivity index (χ1n) is 6.39. The Morgan fingerprint density at radius 3 is 2.58 bits per heavy atom. The Morgan fingerprint density at radius 1 is 1.16 bits per heavy atom. The summed E-state index contributed by atoms with van der Waals surface area (Å²) in [6.07, 6.45) is 1.70. The number of nitrogens with two attached hydrogens (primary N) is 1. The van der Waals surface area contributed by atoms with Crippen LogP contribution < -0.4 is 10.5 Å². The van der Waals surface area contributed by atoms with Crippen molar-refractivity contribution in [3.63, 3.8) is 0 Å². The molecule has 0 aliphatic rings. The highest BCUT2D eigenvalue weighted by atomic mass is 16.5. The lowest BCUT2D eigenvalue weighted by Gasteiger charge is -2.22. The highest BCUT2D eigenvalue weighted by Gasteiger charge is 2.18. The first-order valence-corrected chi connectivity index (χ1v) is 6.39. The summed E-state index contributed by atoms with van der Waals surface area (Å²) in [6.45, 7) is 6.95. The molecule has 100 valence electrons. The summed E-state index contributed by atoms with van der Waals surface area (Å²) in [5.74, 6) is 0.902. The van der Waals surface area contributed by atoms with Gasteiger partial charge in [-0.2, -0.15) is 0 Å². The Hall–Kier alpha value is -2.03. The molecular weight excluding hydrogens is 236 g/mol. The Bertz CT molecular complexity index is 559. The molecule has 3 heteroatoms. The van der Waals surface area contributed by atoms with Gasteiger partial charge < -0.3 is 10.5 Å². The van der Waals surface area contributed by atoms with Crippen LogP contribution in [0.4, 0.5) is 5.69 Å². The number of nitrogen functional groups attached to an aromatic ring is 1. The van der Waals surface area contributed by atoms with Gasteiger partial charge in [0.25, 0.3) is 0 Å². The van der Waals surface area contributed by atoms with Crippen LogP contribution in [-0.2, 0) is 12.0 Å². The van der Waals surface area contributed by atoms with E-state index < -0.39 is 0 Å². The minimum absolute atomic E-state index is 0.0553. The maximum Gasteiger partial charge on any atom is 0.130 e. The largest absolute Gasteiger partial charge is 0.487 e. The molecule has 0 aliphatic heterocycles. The Labute approximate surface area is 114 Å². The molecule has 3 nitrogen and oxygen atoms in total. The van der Waals surface area contributed by atoms with Gasteiger partial charge in [-0.1, -0.05) is 39.0 Å². The number of nitrogens with zero attached hydrogens (tertiary/aromatic N) is 1. The van der Waals surface area contributed by atoms with Crippen molar-refractivity contribution < 1.29 is 4.74 Å². The SMILES string of the molecule is CC(C)(C)c1ccccc1OCc1cc(N)ccn1. The minimum atomic E-state index is 0.0553. The van der Waals surface area contributed by atoms with Crippen molar-refractivity contribution in [2.24, 2.45) is 0 Å². The van der Waals surface area contributed by atoms with Crippen molar-refractivity contribution in [1.82, 2.24) is 4.98 Å². The average Bonchev–Trinajstić information content (AvgIpc) is 2.36. The number of hydrogen-bond donors (Lipinski definition) is 1. The fraction of sp³-hybridized carbons (Fsp3) is 0.312. The van der Waals surface area contributed by atoms with Crippen molar-refractivity contribution >= 4 is 5.69 Å². The molecule has 0 radical (unpaired) electrons. The number of benzene rings is 1. The third-order valence-electron chi connectivity index (χ3n) is 2.91. The summed E-state index contributed by atoms with van der Waals surface area (Å²) < 4.78 is 5.89. The van der Waals surface area contributed by atoms with Gasteiger partial charge in [-0.3, -0.25) is 4.98 Å². The molecule has 0 unspecified atom stereocenters. The summed E-state index contributed by atoms with van der Waals surface area (Å²) in [5.41, 5.74) is 8.52. The summed E-state index contributed by atoms with van der Waals surface area (Å²) >= 11 is 0. The van der Waals surface area contributed by atoms with Crippen LogP contribution in [0.25, 0.3) is 0 Å². The van der Waals surface area contributed by atoms with E-state index in [1.807, 2.05) is 24.3 Å². The number of anilines is 1. The lowest BCUT2D eigenvalue weighted by atomic mass is 9.86. The van der Waals surface area contributed by atoms with Gasteiger partial charge in [-0.15, -0.1) is 0 Å². The van der Waals surface area contributed by atoms with Gasteiger partial charge in [0.15, 0.2) is 0 Å². The number of rotatable bonds is 3. The van der Waals surface area contributed by atoms with Crippen LogP contribution in [0.15, 0.2) is 42.6 Å².